The van der Waals surface area contributed by atoms with E-state index in [2.05, 4.69) is 42.5 Å². The van der Waals surface area contributed by atoms with Gasteiger partial charge in [-0.25, -0.2) is 0 Å². The van der Waals surface area contributed by atoms with Crippen molar-refractivity contribution in [3.05, 3.63) is 42.5 Å². The van der Waals surface area contributed by atoms with Crippen molar-refractivity contribution >= 4 is 10.8 Å². The summed E-state index contributed by atoms with van der Waals surface area (Å²) in [5, 5.41) is 2.50. The van der Waals surface area contributed by atoms with E-state index in [1.807, 2.05) is 0 Å². The van der Waals surface area contributed by atoms with E-state index in [0.717, 1.165) is 5.75 Å². The topological polar surface area (TPSA) is 9.23 Å². The van der Waals surface area contributed by atoms with Crippen molar-refractivity contribution in [1.29, 1.82) is 0 Å². The molecule has 0 atom stereocenters. The fourth-order valence-corrected chi connectivity index (χ4v) is 2.48. The summed E-state index contributed by atoms with van der Waals surface area (Å²) in [5.74, 6) is 1.05. The van der Waals surface area contributed by atoms with Gasteiger partial charge in [-0.05, 0) is 37.1 Å². The SMILES string of the molecule is c1ccc2c(OC3CCCC3)cccc2c1. The molecule has 0 radical (unpaired) electrons. The Bertz CT molecular complexity index is 478. The standard InChI is InChI=1S/C15H16O/c1-4-10-14-12(6-1)7-5-11-15(14)16-13-8-2-3-9-13/h1,4-7,10-11,13H,2-3,8-9H2. The first-order chi connectivity index (χ1) is 7.93. The van der Waals surface area contributed by atoms with Crippen LogP contribution in [-0.4, -0.2) is 6.10 Å². The molecule has 2 aromatic rings. The summed E-state index contributed by atoms with van der Waals surface area (Å²) in [6, 6.07) is 14.7. The molecule has 3 rings (SSSR count). The van der Waals surface area contributed by atoms with E-state index in [1.165, 1.54) is 36.5 Å². The summed E-state index contributed by atoms with van der Waals surface area (Å²) < 4.78 is 6.09. The van der Waals surface area contributed by atoms with Crippen molar-refractivity contribution in [3.8, 4) is 5.75 Å². The third kappa shape index (κ3) is 1.78. The maximum Gasteiger partial charge on any atom is 0.127 e. The minimum atomic E-state index is 0.436. The molecule has 1 aliphatic carbocycles. The molecule has 82 valence electrons. The lowest BCUT2D eigenvalue weighted by Gasteiger charge is -2.14. The highest BCUT2D eigenvalue weighted by molar-refractivity contribution is 5.88. The van der Waals surface area contributed by atoms with Gasteiger partial charge in [0.05, 0.1) is 6.10 Å². The van der Waals surface area contributed by atoms with Gasteiger partial charge in [0.15, 0.2) is 0 Å². The second kappa shape index (κ2) is 4.17. The molecular formula is C15H16O. The highest BCUT2D eigenvalue weighted by Crippen LogP contribution is 2.29. The third-order valence-electron chi connectivity index (χ3n) is 3.35. The van der Waals surface area contributed by atoms with Crippen LogP contribution in [0.3, 0.4) is 0 Å². The van der Waals surface area contributed by atoms with Crippen molar-refractivity contribution in [2.24, 2.45) is 0 Å². The minimum Gasteiger partial charge on any atom is -0.490 e. The summed E-state index contributed by atoms with van der Waals surface area (Å²) in [7, 11) is 0. The first-order valence-electron chi connectivity index (χ1n) is 6.08. The second-order valence-electron chi connectivity index (χ2n) is 4.50. The molecule has 1 heteroatoms. The van der Waals surface area contributed by atoms with Gasteiger partial charge >= 0.3 is 0 Å². The van der Waals surface area contributed by atoms with Crippen molar-refractivity contribution in [2.45, 2.75) is 31.8 Å². The van der Waals surface area contributed by atoms with Gasteiger partial charge < -0.3 is 4.74 Å². The van der Waals surface area contributed by atoms with E-state index < -0.39 is 0 Å². The summed E-state index contributed by atoms with van der Waals surface area (Å²) in [5.41, 5.74) is 0. The van der Waals surface area contributed by atoms with Crippen LogP contribution in [0.15, 0.2) is 42.5 Å². The normalized spacial score (nSPS) is 16.8. The van der Waals surface area contributed by atoms with Crippen LogP contribution in [-0.2, 0) is 0 Å². The molecule has 0 heterocycles. The van der Waals surface area contributed by atoms with E-state index in [0.29, 0.717) is 6.10 Å². The van der Waals surface area contributed by atoms with Gasteiger partial charge in [0.2, 0.25) is 0 Å². The van der Waals surface area contributed by atoms with Crippen LogP contribution in [0, 0.1) is 0 Å². The Labute approximate surface area is 96.0 Å². The van der Waals surface area contributed by atoms with Gasteiger partial charge in [0.1, 0.15) is 5.75 Å². The lowest BCUT2D eigenvalue weighted by molar-refractivity contribution is 0.213. The first-order valence-corrected chi connectivity index (χ1v) is 6.08. The van der Waals surface area contributed by atoms with Crippen LogP contribution >= 0.6 is 0 Å². The Morgan fingerprint density at radius 3 is 2.50 bits per heavy atom. The molecule has 0 amide bonds. The molecule has 0 saturated heterocycles. The van der Waals surface area contributed by atoms with Gasteiger partial charge in [0, 0.05) is 5.39 Å². The van der Waals surface area contributed by atoms with Crippen molar-refractivity contribution in [3.63, 3.8) is 0 Å². The zero-order valence-electron chi connectivity index (χ0n) is 9.36. The molecule has 1 nitrogen and oxygen atoms in total. The summed E-state index contributed by atoms with van der Waals surface area (Å²) in [6.07, 6.45) is 5.49. The fraction of sp³-hybridized carbons (Fsp3) is 0.333. The molecule has 1 fully saturated rings. The number of hydrogen-bond donors (Lipinski definition) is 0. The van der Waals surface area contributed by atoms with E-state index >= 15 is 0 Å². The summed E-state index contributed by atoms with van der Waals surface area (Å²) in [6.45, 7) is 0. The lowest BCUT2D eigenvalue weighted by Crippen LogP contribution is -2.10. The van der Waals surface area contributed by atoms with Crippen LogP contribution in [0.1, 0.15) is 25.7 Å². The zero-order chi connectivity index (χ0) is 10.8. The molecular weight excluding hydrogens is 196 g/mol. The Morgan fingerprint density at radius 1 is 0.875 bits per heavy atom. The molecule has 0 bridgehead atoms. The van der Waals surface area contributed by atoms with Crippen LogP contribution in [0.5, 0.6) is 5.75 Å². The van der Waals surface area contributed by atoms with Gasteiger partial charge in [-0.15, -0.1) is 0 Å². The smallest absolute Gasteiger partial charge is 0.127 e. The van der Waals surface area contributed by atoms with E-state index in [-0.39, 0.29) is 0 Å². The van der Waals surface area contributed by atoms with Crippen LogP contribution < -0.4 is 4.74 Å². The van der Waals surface area contributed by atoms with E-state index in [4.69, 9.17) is 4.74 Å². The van der Waals surface area contributed by atoms with Crippen molar-refractivity contribution < 1.29 is 4.74 Å². The summed E-state index contributed by atoms with van der Waals surface area (Å²) in [4.78, 5) is 0. The van der Waals surface area contributed by atoms with Gasteiger partial charge in [-0.1, -0.05) is 36.4 Å². The highest BCUT2D eigenvalue weighted by Gasteiger charge is 2.17. The fourth-order valence-electron chi connectivity index (χ4n) is 2.48. The van der Waals surface area contributed by atoms with Crippen molar-refractivity contribution in [2.75, 3.05) is 0 Å². The number of fused-ring (bicyclic) bond motifs is 1. The quantitative estimate of drug-likeness (QED) is 0.726. The Morgan fingerprint density at radius 2 is 1.62 bits per heavy atom. The average molecular weight is 212 g/mol. The first kappa shape index (κ1) is 9.71. The minimum absolute atomic E-state index is 0.436. The monoisotopic (exact) mass is 212 g/mol. The van der Waals surface area contributed by atoms with Gasteiger partial charge in [-0.3, -0.25) is 0 Å². The number of hydrogen-bond acceptors (Lipinski definition) is 1. The summed E-state index contributed by atoms with van der Waals surface area (Å²) >= 11 is 0. The lowest BCUT2D eigenvalue weighted by atomic mass is 10.1. The van der Waals surface area contributed by atoms with Gasteiger partial charge in [-0.2, -0.15) is 0 Å². The Hall–Kier alpha value is -1.50. The number of rotatable bonds is 2. The molecule has 0 aliphatic heterocycles. The molecule has 0 spiro atoms. The molecule has 0 aromatic heterocycles. The molecule has 0 N–H and O–H groups in total. The predicted molar refractivity (Wildman–Crippen MR) is 66.8 cm³/mol. The largest absolute Gasteiger partial charge is 0.490 e. The van der Waals surface area contributed by atoms with Crippen molar-refractivity contribution in [1.82, 2.24) is 0 Å². The third-order valence-corrected chi connectivity index (χ3v) is 3.35. The Kier molecular flexibility index (Phi) is 2.53. The van der Waals surface area contributed by atoms with Crippen LogP contribution in [0.25, 0.3) is 10.8 Å². The molecule has 16 heavy (non-hydrogen) atoms. The average Bonchev–Trinajstić information content (AvgIpc) is 2.82. The zero-order valence-corrected chi connectivity index (χ0v) is 9.36. The van der Waals surface area contributed by atoms with E-state index in [1.54, 1.807) is 0 Å². The number of benzene rings is 2. The molecule has 0 unspecified atom stereocenters. The predicted octanol–water partition coefficient (Wildman–Crippen LogP) is 4.16. The van der Waals surface area contributed by atoms with Crippen LogP contribution in [0.2, 0.25) is 0 Å². The molecule has 1 saturated carbocycles. The number of ether oxygens (including phenoxy) is 1. The molecule has 1 aliphatic rings. The maximum atomic E-state index is 6.09. The molecule has 2 aromatic carbocycles. The van der Waals surface area contributed by atoms with E-state index in [9.17, 15) is 0 Å². The van der Waals surface area contributed by atoms with Gasteiger partial charge in [0.25, 0.3) is 0 Å². The second-order valence-corrected chi connectivity index (χ2v) is 4.50. The maximum absolute atomic E-state index is 6.09. The Balaban J connectivity index is 1.96. The van der Waals surface area contributed by atoms with Crippen LogP contribution in [0.4, 0.5) is 0 Å². The highest BCUT2D eigenvalue weighted by atomic mass is 16.5.